The van der Waals surface area contributed by atoms with Crippen molar-refractivity contribution in [3.05, 3.63) is 45.8 Å². The van der Waals surface area contributed by atoms with Gasteiger partial charge in [0.15, 0.2) is 3.77 Å². The summed E-state index contributed by atoms with van der Waals surface area (Å²) < 4.78 is 18.9. The van der Waals surface area contributed by atoms with Gasteiger partial charge in [-0.3, -0.25) is 0 Å². The van der Waals surface area contributed by atoms with Gasteiger partial charge in [0.2, 0.25) is 5.95 Å². The number of furan rings is 1. The maximum atomic E-state index is 12.7. The molecule has 0 saturated carbocycles. The summed E-state index contributed by atoms with van der Waals surface area (Å²) in [5.74, 6) is 0.806. The van der Waals surface area contributed by atoms with Crippen molar-refractivity contribution in [3.8, 4) is 0 Å². The summed E-state index contributed by atoms with van der Waals surface area (Å²) in [6.45, 7) is 0.499. The Hall–Kier alpha value is -1.11. The molecule has 2 heterocycles. The number of anilines is 1. The third-order valence-corrected chi connectivity index (χ3v) is 2.37. The monoisotopic (exact) mass is 318 g/mol. The fourth-order valence-corrected chi connectivity index (χ4v) is 1.59. The molecule has 2 aromatic heterocycles. The van der Waals surface area contributed by atoms with Crippen LogP contribution < -0.4 is 5.32 Å². The fourth-order valence-electron chi connectivity index (χ4n) is 1.13. The zero-order valence-corrected chi connectivity index (χ0v) is 9.86. The normalized spacial score (nSPS) is 10.3. The molecular formula is C10H8FIN2O. The van der Waals surface area contributed by atoms with Gasteiger partial charge in [-0.15, -0.1) is 0 Å². The van der Waals surface area contributed by atoms with Crippen LogP contribution in [0.5, 0.6) is 0 Å². The average Bonchev–Trinajstić information content (AvgIpc) is 2.62. The third-order valence-electron chi connectivity index (χ3n) is 1.79. The molecule has 0 fully saturated rings. The minimum atomic E-state index is -0.492. The zero-order valence-electron chi connectivity index (χ0n) is 7.71. The molecule has 0 aliphatic heterocycles. The molecule has 1 N–H and O–H groups in total. The van der Waals surface area contributed by atoms with E-state index in [-0.39, 0.29) is 0 Å². The fraction of sp³-hybridized carbons (Fsp3) is 0.100. The van der Waals surface area contributed by atoms with Crippen molar-refractivity contribution in [2.45, 2.75) is 6.54 Å². The summed E-state index contributed by atoms with van der Waals surface area (Å²) in [6.07, 6.45) is 0. The number of rotatable bonds is 3. The quantitative estimate of drug-likeness (QED) is 0.698. The Bertz CT molecular complexity index is 458. The minimum absolute atomic E-state index is 0.492. The largest absolute Gasteiger partial charge is 0.454 e. The van der Waals surface area contributed by atoms with Gasteiger partial charge in [-0.25, -0.2) is 4.98 Å². The lowest BCUT2D eigenvalue weighted by atomic mass is 10.4. The van der Waals surface area contributed by atoms with Gasteiger partial charge >= 0.3 is 0 Å². The highest BCUT2D eigenvalue weighted by molar-refractivity contribution is 14.1. The molecule has 0 unspecified atom stereocenters. The van der Waals surface area contributed by atoms with E-state index >= 15 is 0 Å². The molecule has 0 bridgehead atoms. The predicted octanol–water partition coefficient (Wildman–Crippen LogP) is 3.03. The molecule has 15 heavy (non-hydrogen) atoms. The molecule has 0 aliphatic rings. The standard InChI is InChI=1S/C10H8FIN2O/c11-8-2-1-3-10(14-8)13-6-7-4-5-9(12)15-7/h1-5H,6H2,(H,13,14). The topological polar surface area (TPSA) is 38.1 Å². The first-order valence-corrected chi connectivity index (χ1v) is 5.42. The molecule has 2 rings (SSSR count). The van der Waals surface area contributed by atoms with Crippen molar-refractivity contribution in [3.63, 3.8) is 0 Å². The van der Waals surface area contributed by atoms with Crippen LogP contribution >= 0.6 is 22.6 Å². The molecule has 2 aromatic rings. The molecule has 0 aliphatic carbocycles. The molecule has 0 aromatic carbocycles. The number of nitrogens with zero attached hydrogens (tertiary/aromatic N) is 1. The number of pyridine rings is 1. The molecule has 0 atom stereocenters. The van der Waals surface area contributed by atoms with Crippen LogP contribution in [-0.2, 0) is 6.54 Å². The van der Waals surface area contributed by atoms with Crippen LogP contribution in [0.1, 0.15) is 5.76 Å². The van der Waals surface area contributed by atoms with Gasteiger partial charge in [-0.2, -0.15) is 4.39 Å². The highest BCUT2D eigenvalue weighted by atomic mass is 127. The van der Waals surface area contributed by atoms with Gasteiger partial charge in [0.25, 0.3) is 0 Å². The summed E-state index contributed by atoms with van der Waals surface area (Å²) in [7, 11) is 0. The van der Waals surface area contributed by atoms with Gasteiger partial charge < -0.3 is 9.73 Å². The average molecular weight is 318 g/mol. The summed E-state index contributed by atoms with van der Waals surface area (Å²) in [6, 6.07) is 8.36. The lowest BCUT2D eigenvalue weighted by Gasteiger charge is -2.02. The van der Waals surface area contributed by atoms with Crippen LogP contribution in [-0.4, -0.2) is 4.98 Å². The number of nitrogens with one attached hydrogen (secondary N) is 1. The predicted molar refractivity (Wildman–Crippen MR) is 62.9 cm³/mol. The molecular weight excluding hydrogens is 310 g/mol. The van der Waals surface area contributed by atoms with Crippen LogP contribution in [0.3, 0.4) is 0 Å². The number of hydrogen-bond acceptors (Lipinski definition) is 3. The van der Waals surface area contributed by atoms with Crippen molar-refractivity contribution in [2.24, 2.45) is 0 Å². The first-order chi connectivity index (χ1) is 7.24. The molecule has 78 valence electrons. The van der Waals surface area contributed by atoms with E-state index in [2.05, 4.69) is 32.9 Å². The molecule has 3 nitrogen and oxygen atoms in total. The Morgan fingerprint density at radius 2 is 2.20 bits per heavy atom. The second-order valence-electron chi connectivity index (χ2n) is 2.90. The van der Waals surface area contributed by atoms with Gasteiger partial charge in [-0.1, -0.05) is 6.07 Å². The third kappa shape index (κ3) is 2.92. The van der Waals surface area contributed by atoms with Crippen LogP contribution in [0, 0.1) is 9.71 Å². The van der Waals surface area contributed by atoms with Gasteiger partial charge in [0.1, 0.15) is 11.6 Å². The molecule has 0 spiro atoms. The van der Waals surface area contributed by atoms with E-state index in [0.717, 1.165) is 9.53 Å². The molecule has 0 saturated heterocycles. The lowest BCUT2D eigenvalue weighted by molar-refractivity contribution is 0.492. The number of aromatic nitrogens is 1. The van der Waals surface area contributed by atoms with E-state index < -0.39 is 5.95 Å². The minimum Gasteiger partial charge on any atom is -0.454 e. The molecule has 0 amide bonds. The van der Waals surface area contributed by atoms with Gasteiger partial charge in [0, 0.05) is 0 Å². The van der Waals surface area contributed by atoms with Crippen molar-refractivity contribution >= 4 is 28.4 Å². The van der Waals surface area contributed by atoms with Gasteiger partial charge in [0.05, 0.1) is 6.54 Å². The Labute approximate surface area is 99.8 Å². The Morgan fingerprint density at radius 1 is 1.33 bits per heavy atom. The van der Waals surface area contributed by atoms with Crippen LogP contribution in [0.25, 0.3) is 0 Å². The zero-order chi connectivity index (χ0) is 10.7. The van der Waals surface area contributed by atoms with Crippen molar-refractivity contribution in [2.75, 3.05) is 5.32 Å². The lowest BCUT2D eigenvalue weighted by Crippen LogP contribution is -2.00. The van der Waals surface area contributed by atoms with E-state index in [4.69, 9.17) is 4.42 Å². The first kappa shape index (κ1) is 10.4. The highest BCUT2D eigenvalue weighted by Crippen LogP contribution is 2.12. The summed E-state index contributed by atoms with van der Waals surface area (Å²) in [4.78, 5) is 3.67. The Kier molecular flexibility index (Phi) is 3.20. The van der Waals surface area contributed by atoms with Crippen molar-refractivity contribution in [1.29, 1.82) is 0 Å². The second-order valence-corrected chi connectivity index (χ2v) is 3.97. The Morgan fingerprint density at radius 3 is 2.87 bits per heavy atom. The van der Waals surface area contributed by atoms with E-state index in [9.17, 15) is 4.39 Å². The number of hydrogen-bond donors (Lipinski definition) is 1. The Balaban J connectivity index is 1.99. The summed E-state index contributed by atoms with van der Waals surface area (Å²) in [5.41, 5.74) is 0. The van der Waals surface area contributed by atoms with Crippen molar-refractivity contribution in [1.82, 2.24) is 4.98 Å². The van der Waals surface area contributed by atoms with Crippen LogP contribution in [0.4, 0.5) is 10.2 Å². The van der Waals surface area contributed by atoms with E-state index in [1.807, 2.05) is 12.1 Å². The van der Waals surface area contributed by atoms with Crippen LogP contribution in [0.2, 0.25) is 0 Å². The SMILES string of the molecule is Fc1cccc(NCc2ccc(I)o2)n1. The van der Waals surface area contributed by atoms with E-state index in [0.29, 0.717) is 12.4 Å². The first-order valence-electron chi connectivity index (χ1n) is 4.35. The maximum Gasteiger partial charge on any atom is 0.214 e. The number of halogens is 2. The maximum absolute atomic E-state index is 12.7. The molecule has 5 heteroatoms. The highest BCUT2D eigenvalue weighted by Gasteiger charge is 2.00. The summed E-state index contributed by atoms with van der Waals surface area (Å²) in [5, 5.41) is 2.97. The van der Waals surface area contributed by atoms with E-state index in [1.165, 1.54) is 6.07 Å². The summed E-state index contributed by atoms with van der Waals surface area (Å²) >= 11 is 2.09. The van der Waals surface area contributed by atoms with Gasteiger partial charge in [-0.05, 0) is 46.9 Å². The second kappa shape index (κ2) is 4.61. The molecule has 0 radical (unpaired) electrons. The van der Waals surface area contributed by atoms with Crippen molar-refractivity contribution < 1.29 is 8.81 Å². The van der Waals surface area contributed by atoms with E-state index in [1.54, 1.807) is 12.1 Å². The van der Waals surface area contributed by atoms with Crippen LogP contribution in [0.15, 0.2) is 34.7 Å². The smallest absolute Gasteiger partial charge is 0.214 e.